The molecule has 3 aromatic rings. The maximum atomic E-state index is 14.3. The van der Waals surface area contributed by atoms with E-state index in [1.165, 1.54) is 12.3 Å². The molecule has 43 heavy (non-hydrogen) atoms. The number of aromatic amines is 1. The van der Waals surface area contributed by atoms with Crippen LogP contribution in [-0.2, 0) is 29.0 Å². The quantitative estimate of drug-likeness (QED) is 0.406. The normalized spacial score (nSPS) is 20.0. The Morgan fingerprint density at radius 2 is 1.88 bits per heavy atom. The lowest BCUT2D eigenvalue weighted by Gasteiger charge is -2.38. The van der Waals surface area contributed by atoms with Gasteiger partial charge >= 0.3 is 12.2 Å². The summed E-state index contributed by atoms with van der Waals surface area (Å²) in [4.78, 5) is 43.8. The van der Waals surface area contributed by atoms with E-state index in [2.05, 4.69) is 15.5 Å². The molecule has 14 heteroatoms. The third-order valence-electron chi connectivity index (χ3n) is 8.63. The number of piperidine rings is 1. The summed E-state index contributed by atoms with van der Waals surface area (Å²) in [6.07, 6.45) is -1.88. The summed E-state index contributed by atoms with van der Waals surface area (Å²) >= 11 is 6.40. The molecule has 3 aliphatic rings. The largest absolute Gasteiger partial charge is 0.406 e. The number of H-pyrrole nitrogens is 1. The lowest BCUT2D eigenvalue weighted by molar-refractivity contribution is -0.165. The van der Waals surface area contributed by atoms with E-state index in [0.29, 0.717) is 71.5 Å². The van der Waals surface area contributed by atoms with Gasteiger partial charge in [-0.3, -0.25) is 14.7 Å². The van der Waals surface area contributed by atoms with E-state index in [1.807, 2.05) is 0 Å². The van der Waals surface area contributed by atoms with E-state index in [-0.39, 0.29) is 37.0 Å². The average molecular weight is 621 g/mol. The van der Waals surface area contributed by atoms with E-state index in [4.69, 9.17) is 11.6 Å². The van der Waals surface area contributed by atoms with Crippen molar-refractivity contribution >= 4 is 46.0 Å². The van der Waals surface area contributed by atoms with Gasteiger partial charge in [0.1, 0.15) is 12.4 Å². The van der Waals surface area contributed by atoms with Crippen LogP contribution in [0.25, 0.3) is 10.9 Å². The van der Waals surface area contributed by atoms with Crippen molar-refractivity contribution in [2.75, 3.05) is 31.5 Å². The molecule has 0 spiro atoms. The predicted molar refractivity (Wildman–Crippen MR) is 150 cm³/mol. The average Bonchev–Trinajstić information content (AvgIpc) is 3.34. The molecule has 0 saturated carbocycles. The first-order valence-corrected chi connectivity index (χ1v) is 14.5. The van der Waals surface area contributed by atoms with Gasteiger partial charge in [-0.1, -0.05) is 23.7 Å². The molecule has 4 amide bonds. The number of benzene rings is 2. The maximum Gasteiger partial charge on any atom is 0.406 e. The van der Waals surface area contributed by atoms with Gasteiger partial charge in [-0.25, -0.2) is 9.18 Å². The lowest BCUT2D eigenvalue weighted by Crippen LogP contribution is -2.50. The highest BCUT2D eigenvalue weighted by Gasteiger charge is 2.40. The molecule has 1 fully saturated rings. The van der Waals surface area contributed by atoms with Crippen LogP contribution in [0.4, 0.5) is 28.0 Å². The van der Waals surface area contributed by atoms with E-state index < -0.39 is 36.4 Å². The fourth-order valence-corrected chi connectivity index (χ4v) is 6.77. The highest BCUT2D eigenvalue weighted by molar-refractivity contribution is 6.35. The van der Waals surface area contributed by atoms with E-state index in [1.54, 1.807) is 28.0 Å². The first-order valence-electron chi connectivity index (χ1n) is 14.1. The number of likely N-dealkylation sites (tertiary alicyclic amines) is 1. The Bertz CT molecular complexity index is 1590. The number of carbonyl (C=O) groups excluding carboxylic acids is 3. The smallest absolute Gasteiger partial charge is 0.343 e. The van der Waals surface area contributed by atoms with Crippen LogP contribution in [0.1, 0.15) is 36.0 Å². The Morgan fingerprint density at radius 3 is 2.63 bits per heavy atom. The van der Waals surface area contributed by atoms with Crippen LogP contribution in [0, 0.1) is 11.7 Å². The molecule has 1 saturated heterocycles. The molecule has 228 valence electrons. The minimum atomic E-state index is -4.62. The fourth-order valence-electron chi connectivity index (χ4n) is 6.49. The van der Waals surface area contributed by atoms with Crippen molar-refractivity contribution < 1.29 is 31.9 Å². The molecule has 6 rings (SSSR count). The van der Waals surface area contributed by atoms with Gasteiger partial charge in [-0.2, -0.15) is 18.3 Å². The molecule has 9 nitrogen and oxygen atoms in total. The minimum Gasteiger partial charge on any atom is -0.343 e. The molecule has 3 aliphatic heterocycles. The van der Waals surface area contributed by atoms with Gasteiger partial charge in [0.15, 0.2) is 0 Å². The highest BCUT2D eigenvalue weighted by atomic mass is 35.5. The van der Waals surface area contributed by atoms with E-state index >= 15 is 0 Å². The number of hydrogen-bond donors (Lipinski definition) is 2. The van der Waals surface area contributed by atoms with Crippen molar-refractivity contribution in [1.29, 1.82) is 0 Å². The van der Waals surface area contributed by atoms with Gasteiger partial charge in [0.05, 0.1) is 28.3 Å². The third kappa shape index (κ3) is 5.86. The highest BCUT2D eigenvalue weighted by Crippen LogP contribution is 2.35. The van der Waals surface area contributed by atoms with Crippen molar-refractivity contribution in [3.8, 4) is 0 Å². The number of alkyl halides is 3. The van der Waals surface area contributed by atoms with Gasteiger partial charge < -0.3 is 20.0 Å². The fraction of sp³-hybridized carbons (Fsp3) is 0.448. The van der Waals surface area contributed by atoms with Crippen LogP contribution in [0.2, 0.25) is 5.02 Å². The number of carbonyl (C=O) groups is 3. The first kappa shape index (κ1) is 29.2. The summed E-state index contributed by atoms with van der Waals surface area (Å²) in [5, 5.41) is 10.3. The van der Waals surface area contributed by atoms with Crippen molar-refractivity contribution in [2.45, 2.75) is 50.9 Å². The molecule has 0 unspecified atom stereocenters. The molecule has 2 N–H and O–H groups in total. The number of halogens is 5. The number of urea groups is 1. The van der Waals surface area contributed by atoms with Crippen LogP contribution in [0.3, 0.4) is 0 Å². The number of fused-ring (bicyclic) bond motifs is 4. The molecule has 0 radical (unpaired) electrons. The van der Waals surface area contributed by atoms with Crippen LogP contribution in [0.15, 0.2) is 30.5 Å². The Hall–Kier alpha value is -3.87. The topological polar surface area (TPSA) is 102 Å². The Morgan fingerprint density at radius 1 is 1.12 bits per heavy atom. The van der Waals surface area contributed by atoms with E-state index in [0.717, 1.165) is 4.90 Å². The number of nitrogens with zero attached hydrogens (tertiary/aromatic N) is 4. The second-order valence-electron chi connectivity index (χ2n) is 11.3. The molecule has 1 atom stereocenters. The molecule has 0 aliphatic carbocycles. The first-order chi connectivity index (χ1) is 20.5. The van der Waals surface area contributed by atoms with Gasteiger partial charge in [-0.05, 0) is 54.5 Å². The number of nitrogens with one attached hydrogen (secondary N) is 2. The zero-order valence-electron chi connectivity index (χ0n) is 23.0. The Labute approximate surface area is 249 Å². The number of amides is 4. The number of rotatable bonds is 4. The van der Waals surface area contributed by atoms with Gasteiger partial charge in [0, 0.05) is 44.0 Å². The van der Waals surface area contributed by atoms with Crippen LogP contribution < -0.4 is 5.32 Å². The zero-order valence-corrected chi connectivity index (χ0v) is 23.8. The maximum absolute atomic E-state index is 14.3. The molecule has 4 heterocycles. The monoisotopic (exact) mass is 620 g/mol. The Kier molecular flexibility index (Phi) is 7.69. The zero-order chi connectivity index (χ0) is 30.5. The van der Waals surface area contributed by atoms with Crippen LogP contribution >= 0.6 is 11.6 Å². The molecule has 1 aromatic heterocycles. The Balaban J connectivity index is 1.15. The van der Waals surface area contributed by atoms with Gasteiger partial charge in [-0.15, -0.1) is 0 Å². The number of aromatic nitrogens is 2. The summed E-state index contributed by atoms with van der Waals surface area (Å²) in [7, 11) is 0. The number of hydrogen-bond acceptors (Lipinski definition) is 4. The van der Waals surface area contributed by atoms with Crippen LogP contribution in [0.5, 0.6) is 0 Å². The minimum absolute atomic E-state index is 0.0661. The predicted octanol–water partition coefficient (Wildman–Crippen LogP) is 4.89. The van der Waals surface area contributed by atoms with Gasteiger partial charge in [0.25, 0.3) is 0 Å². The van der Waals surface area contributed by atoms with Gasteiger partial charge in [0.2, 0.25) is 11.8 Å². The van der Waals surface area contributed by atoms with E-state index in [9.17, 15) is 31.9 Å². The number of para-hydroxylation sites is 1. The van der Waals surface area contributed by atoms with Crippen molar-refractivity contribution in [2.24, 2.45) is 5.92 Å². The second-order valence-corrected chi connectivity index (χ2v) is 11.7. The third-order valence-corrected chi connectivity index (χ3v) is 8.93. The summed E-state index contributed by atoms with van der Waals surface area (Å²) in [6, 6.07) is 5.73. The molecule has 2 aromatic carbocycles. The SMILES string of the molecule is O=C(C[C@@H]1Cc2cc(Cl)c3[nH]ncc3c2CN(CC(F)(F)F)C1=O)N1CCC(N2CCc3cccc(F)c3NC2=O)CC1. The number of anilines is 1. The molecular weight excluding hydrogens is 592 g/mol. The van der Waals surface area contributed by atoms with Crippen molar-refractivity contribution in [3.63, 3.8) is 0 Å². The second kappa shape index (κ2) is 11.3. The van der Waals surface area contributed by atoms with Crippen molar-refractivity contribution in [1.82, 2.24) is 24.9 Å². The van der Waals surface area contributed by atoms with Crippen LogP contribution in [-0.4, -0.2) is 81.1 Å². The summed E-state index contributed by atoms with van der Waals surface area (Å²) in [5.74, 6) is -2.57. The molecule has 0 bridgehead atoms. The molecular formula is C29H29ClF4N6O3. The summed E-state index contributed by atoms with van der Waals surface area (Å²) < 4.78 is 54.8. The standard InChI is InChI=1S/C29H29ClF4N6O3/c30-22-11-17-10-18(27(42)39(15-29(32,33)34)14-21(17)20-13-35-37-26(20)22)12-24(41)38-7-5-19(6-8-38)40-9-4-16-2-1-3-23(31)25(16)36-28(40)43/h1-3,11,13,18-19H,4-10,12,14-15H2,(H,35,37)(H,36,43)/t18-/m0/s1. The summed E-state index contributed by atoms with van der Waals surface area (Å²) in [6.45, 7) is -0.671. The van der Waals surface area contributed by atoms with Crippen molar-refractivity contribution in [3.05, 3.63) is 58.0 Å². The summed E-state index contributed by atoms with van der Waals surface area (Å²) in [5.41, 5.74) is 2.51. The lowest BCUT2D eigenvalue weighted by atomic mass is 9.92.